The Kier molecular flexibility index (Phi) is 7.60. The lowest BCUT2D eigenvalue weighted by atomic mass is 9.96. The Morgan fingerprint density at radius 2 is 1.79 bits per heavy atom. The van der Waals surface area contributed by atoms with E-state index in [9.17, 15) is 9.59 Å². The van der Waals surface area contributed by atoms with E-state index in [2.05, 4.69) is 12.2 Å². The molecule has 0 saturated carbocycles. The molecular weight excluding hydrogens is 430 g/mol. The highest BCUT2D eigenvalue weighted by molar-refractivity contribution is 5.94. The summed E-state index contributed by atoms with van der Waals surface area (Å²) in [5.74, 6) is 1.56. The lowest BCUT2D eigenvalue weighted by Crippen LogP contribution is -2.52. The van der Waals surface area contributed by atoms with Crippen LogP contribution in [-0.4, -0.2) is 48.7 Å². The number of amides is 3. The van der Waals surface area contributed by atoms with E-state index in [0.29, 0.717) is 39.0 Å². The largest absolute Gasteiger partial charge is 0.491 e. The maximum absolute atomic E-state index is 13.3. The van der Waals surface area contributed by atoms with Gasteiger partial charge in [-0.3, -0.25) is 9.69 Å². The highest BCUT2D eigenvalue weighted by Crippen LogP contribution is 2.35. The third kappa shape index (κ3) is 5.64. The average molecular weight is 466 g/mol. The number of urea groups is 1. The number of hydrogen-bond acceptors (Lipinski definition) is 4. The Balaban J connectivity index is 1.28. The van der Waals surface area contributed by atoms with Crippen LogP contribution in [0.1, 0.15) is 45.6 Å². The van der Waals surface area contributed by atoms with Crippen molar-refractivity contribution in [2.24, 2.45) is 5.92 Å². The van der Waals surface area contributed by atoms with Crippen LogP contribution in [0.4, 0.5) is 10.5 Å². The van der Waals surface area contributed by atoms with E-state index in [4.69, 9.17) is 9.47 Å². The Morgan fingerprint density at radius 3 is 2.47 bits per heavy atom. The monoisotopic (exact) mass is 465 g/mol. The predicted molar refractivity (Wildman–Crippen MR) is 132 cm³/mol. The standard InChI is InChI=1S/C27H35N3O4/c1-4-22-18-30(24-7-5-6-8-25(24)34-22)27(32)29-15-13-21(14-16-29)26(31)28-17-20-9-11-23(12-10-20)33-19(2)3/h5-12,19,21-22H,4,13-18H2,1-3H3,(H,28,31)/t22-/m1/s1. The number of rotatable bonds is 6. The Hall–Kier alpha value is -3.22. The fourth-order valence-electron chi connectivity index (χ4n) is 4.49. The minimum absolute atomic E-state index is 0.00300. The first-order chi connectivity index (χ1) is 16.4. The van der Waals surface area contributed by atoms with Gasteiger partial charge in [-0.05, 0) is 62.9 Å². The van der Waals surface area contributed by atoms with Crippen molar-refractivity contribution in [3.63, 3.8) is 0 Å². The van der Waals surface area contributed by atoms with Crippen molar-refractivity contribution in [3.8, 4) is 11.5 Å². The van der Waals surface area contributed by atoms with Gasteiger partial charge in [-0.2, -0.15) is 0 Å². The maximum atomic E-state index is 13.3. The summed E-state index contributed by atoms with van der Waals surface area (Å²) in [6.45, 7) is 8.25. The lowest BCUT2D eigenvalue weighted by molar-refractivity contribution is -0.126. The second-order valence-corrected chi connectivity index (χ2v) is 9.30. The van der Waals surface area contributed by atoms with Crippen molar-refractivity contribution in [2.75, 3.05) is 24.5 Å². The van der Waals surface area contributed by atoms with Crippen LogP contribution in [0.25, 0.3) is 0 Å². The molecule has 0 radical (unpaired) electrons. The summed E-state index contributed by atoms with van der Waals surface area (Å²) < 4.78 is 11.7. The molecule has 1 fully saturated rings. The van der Waals surface area contributed by atoms with E-state index >= 15 is 0 Å². The molecule has 0 aromatic heterocycles. The third-order valence-corrected chi connectivity index (χ3v) is 6.42. The number of hydrogen-bond donors (Lipinski definition) is 1. The number of anilines is 1. The molecule has 7 nitrogen and oxygen atoms in total. The molecule has 0 unspecified atom stereocenters. The van der Waals surface area contributed by atoms with E-state index in [1.165, 1.54) is 0 Å². The number of nitrogens with one attached hydrogen (secondary N) is 1. The number of piperidine rings is 1. The van der Waals surface area contributed by atoms with Gasteiger partial charge in [-0.25, -0.2) is 4.79 Å². The second kappa shape index (κ2) is 10.8. The Morgan fingerprint density at radius 1 is 1.09 bits per heavy atom. The van der Waals surface area contributed by atoms with Crippen LogP contribution in [0, 0.1) is 5.92 Å². The molecule has 4 rings (SSSR count). The van der Waals surface area contributed by atoms with E-state index in [1.54, 1.807) is 0 Å². The molecule has 0 aliphatic carbocycles. The zero-order valence-corrected chi connectivity index (χ0v) is 20.3. The quantitative estimate of drug-likeness (QED) is 0.677. The first-order valence-electron chi connectivity index (χ1n) is 12.3. The SMILES string of the molecule is CC[C@@H]1CN(C(=O)N2CCC(C(=O)NCc3ccc(OC(C)C)cc3)CC2)c2ccccc2O1. The van der Waals surface area contributed by atoms with E-state index < -0.39 is 0 Å². The summed E-state index contributed by atoms with van der Waals surface area (Å²) in [5.41, 5.74) is 1.86. The number of benzene rings is 2. The van der Waals surface area contributed by atoms with Gasteiger partial charge in [0.1, 0.15) is 17.6 Å². The van der Waals surface area contributed by atoms with Crippen LogP contribution in [-0.2, 0) is 11.3 Å². The highest BCUT2D eigenvalue weighted by atomic mass is 16.5. The molecule has 7 heteroatoms. The molecule has 1 N–H and O–H groups in total. The summed E-state index contributed by atoms with van der Waals surface area (Å²) in [6.07, 6.45) is 2.31. The minimum Gasteiger partial charge on any atom is -0.491 e. The van der Waals surface area contributed by atoms with E-state index in [-0.39, 0.29) is 30.1 Å². The lowest BCUT2D eigenvalue weighted by Gasteiger charge is -2.39. The zero-order chi connectivity index (χ0) is 24.1. The summed E-state index contributed by atoms with van der Waals surface area (Å²) in [5, 5.41) is 3.05. The predicted octanol–water partition coefficient (Wildman–Crippen LogP) is 4.60. The molecule has 34 heavy (non-hydrogen) atoms. The fraction of sp³-hybridized carbons (Fsp3) is 0.481. The van der Waals surface area contributed by atoms with Gasteiger partial charge in [0.2, 0.25) is 5.91 Å². The number of para-hydroxylation sites is 2. The fourth-order valence-corrected chi connectivity index (χ4v) is 4.49. The molecule has 3 amide bonds. The number of likely N-dealkylation sites (tertiary alicyclic amines) is 1. The van der Waals surface area contributed by atoms with Crippen LogP contribution in [0.2, 0.25) is 0 Å². The van der Waals surface area contributed by atoms with Gasteiger partial charge in [0.25, 0.3) is 0 Å². The zero-order valence-electron chi connectivity index (χ0n) is 20.3. The molecular formula is C27H35N3O4. The Bertz CT molecular complexity index is 984. The normalized spacial score (nSPS) is 18.3. The minimum atomic E-state index is -0.0760. The first kappa shape index (κ1) is 23.9. The molecule has 182 valence electrons. The average Bonchev–Trinajstić information content (AvgIpc) is 2.86. The van der Waals surface area contributed by atoms with Gasteiger partial charge in [0.05, 0.1) is 18.3 Å². The molecule has 2 aromatic rings. The van der Waals surface area contributed by atoms with Crippen LogP contribution >= 0.6 is 0 Å². The van der Waals surface area contributed by atoms with Crippen LogP contribution in [0.3, 0.4) is 0 Å². The molecule has 0 bridgehead atoms. The Labute approximate surface area is 202 Å². The third-order valence-electron chi connectivity index (χ3n) is 6.42. The summed E-state index contributed by atoms with van der Waals surface area (Å²) >= 11 is 0. The molecule has 0 spiro atoms. The number of fused-ring (bicyclic) bond motifs is 1. The first-order valence-corrected chi connectivity index (χ1v) is 12.3. The van der Waals surface area contributed by atoms with Gasteiger partial charge in [0.15, 0.2) is 0 Å². The number of ether oxygens (including phenoxy) is 2. The second-order valence-electron chi connectivity index (χ2n) is 9.30. The van der Waals surface area contributed by atoms with Crippen molar-refractivity contribution < 1.29 is 19.1 Å². The van der Waals surface area contributed by atoms with Crippen molar-refractivity contribution >= 4 is 17.6 Å². The van der Waals surface area contributed by atoms with Crippen molar-refractivity contribution in [2.45, 2.75) is 58.8 Å². The van der Waals surface area contributed by atoms with Crippen molar-refractivity contribution in [3.05, 3.63) is 54.1 Å². The van der Waals surface area contributed by atoms with Gasteiger partial charge in [-0.15, -0.1) is 0 Å². The van der Waals surface area contributed by atoms with E-state index in [1.807, 2.05) is 72.2 Å². The smallest absolute Gasteiger partial charge is 0.324 e. The molecule has 2 aromatic carbocycles. The molecule has 2 aliphatic heterocycles. The van der Waals surface area contributed by atoms with Crippen LogP contribution in [0.15, 0.2) is 48.5 Å². The van der Waals surface area contributed by atoms with Crippen LogP contribution < -0.4 is 19.7 Å². The van der Waals surface area contributed by atoms with Gasteiger partial charge >= 0.3 is 6.03 Å². The number of carbonyl (C=O) groups is 2. The summed E-state index contributed by atoms with van der Waals surface area (Å²) in [7, 11) is 0. The molecule has 1 saturated heterocycles. The van der Waals surface area contributed by atoms with E-state index in [0.717, 1.165) is 29.2 Å². The molecule has 1 atom stereocenters. The summed E-state index contributed by atoms with van der Waals surface area (Å²) in [6, 6.07) is 15.5. The summed E-state index contributed by atoms with van der Waals surface area (Å²) in [4.78, 5) is 29.8. The van der Waals surface area contributed by atoms with Crippen molar-refractivity contribution in [1.29, 1.82) is 0 Å². The van der Waals surface area contributed by atoms with Gasteiger partial charge in [-0.1, -0.05) is 31.2 Å². The van der Waals surface area contributed by atoms with Crippen molar-refractivity contribution in [1.82, 2.24) is 10.2 Å². The highest BCUT2D eigenvalue weighted by Gasteiger charge is 2.34. The van der Waals surface area contributed by atoms with Gasteiger partial charge in [0, 0.05) is 25.6 Å². The van der Waals surface area contributed by atoms with Crippen LogP contribution in [0.5, 0.6) is 11.5 Å². The van der Waals surface area contributed by atoms with Gasteiger partial charge < -0.3 is 19.7 Å². The number of nitrogens with zero attached hydrogens (tertiary/aromatic N) is 2. The maximum Gasteiger partial charge on any atom is 0.324 e. The molecule has 2 aliphatic rings. The number of carbonyl (C=O) groups excluding carboxylic acids is 2. The molecule has 2 heterocycles. The topological polar surface area (TPSA) is 71.1 Å².